The van der Waals surface area contributed by atoms with E-state index < -0.39 is 5.72 Å². The molecule has 0 unspecified atom stereocenters. The number of hydrogen-bond donors (Lipinski definition) is 0. The number of hydrazone groups is 1. The van der Waals surface area contributed by atoms with Gasteiger partial charge in [-0.3, -0.25) is 0 Å². The first-order chi connectivity index (χ1) is 15.1. The van der Waals surface area contributed by atoms with E-state index in [4.69, 9.17) is 19.3 Å². The van der Waals surface area contributed by atoms with E-state index in [1.165, 1.54) is 0 Å². The van der Waals surface area contributed by atoms with E-state index in [2.05, 4.69) is 23.2 Å². The van der Waals surface area contributed by atoms with Crippen molar-refractivity contribution in [2.75, 3.05) is 26.8 Å². The monoisotopic (exact) mass is 421 g/mol. The molecule has 2 aromatic carbocycles. The van der Waals surface area contributed by atoms with Crippen molar-refractivity contribution in [3.05, 3.63) is 59.7 Å². The van der Waals surface area contributed by atoms with E-state index in [0.29, 0.717) is 32.5 Å². The molecule has 2 aromatic rings. The standard InChI is InChI=1S/C24H27N3O4/c1-3-30-23(28)26-14-12-24(13-15-26)27-20(16-19(25-27)17-8-5-4-6-9-17)18-10-7-11-21(29-2)22(18)31-24/h4-11,20H,3,12-16H2,1-2H3/t20-/m1/s1. The van der Waals surface area contributed by atoms with Crippen LogP contribution in [0.4, 0.5) is 4.79 Å². The largest absolute Gasteiger partial charge is 0.493 e. The van der Waals surface area contributed by atoms with Gasteiger partial charge in [-0.05, 0) is 18.6 Å². The van der Waals surface area contributed by atoms with Crippen molar-refractivity contribution < 1.29 is 19.0 Å². The number of methoxy groups -OCH3 is 1. The second kappa shape index (κ2) is 7.80. The Morgan fingerprint density at radius 1 is 1.16 bits per heavy atom. The molecule has 0 N–H and O–H groups in total. The van der Waals surface area contributed by atoms with E-state index in [9.17, 15) is 4.79 Å². The maximum atomic E-state index is 12.2. The highest BCUT2D eigenvalue weighted by Crippen LogP contribution is 2.52. The lowest BCUT2D eigenvalue weighted by Gasteiger charge is -2.51. The molecule has 1 spiro atoms. The fraction of sp³-hybridized carbons (Fsp3) is 0.417. The average Bonchev–Trinajstić information content (AvgIpc) is 3.27. The smallest absolute Gasteiger partial charge is 0.409 e. The van der Waals surface area contributed by atoms with Crippen LogP contribution in [0.2, 0.25) is 0 Å². The lowest BCUT2D eigenvalue weighted by atomic mass is 9.90. The normalized spacial score (nSPS) is 21.1. The molecule has 1 fully saturated rings. The molecule has 3 aliphatic heterocycles. The molecule has 7 heteroatoms. The number of amides is 1. The van der Waals surface area contributed by atoms with Gasteiger partial charge in [0.05, 0.1) is 25.5 Å². The fourth-order valence-corrected chi connectivity index (χ4v) is 4.82. The van der Waals surface area contributed by atoms with Crippen molar-refractivity contribution in [1.29, 1.82) is 0 Å². The molecule has 7 nitrogen and oxygen atoms in total. The van der Waals surface area contributed by atoms with Crippen LogP contribution in [0.3, 0.4) is 0 Å². The zero-order chi connectivity index (χ0) is 21.4. The summed E-state index contributed by atoms with van der Waals surface area (Å²) in [6, 6.07) is 16.4. The highest BCUT2D eigenvalue weighted by Gasteiger charge is 2.53. The zero-order valence-corrected chi connectivity index (χ0v) is 17.9. The third-order valence-corrected chi connectivity index (χ3v) is 6.39. The molecular formula is C24H27N3O4. The Morgan fingerprint density at radius 2 is 1.94 bits per heavy atom. The Hall–Kier alpha value is -3.22. The minimum Gasteiger partial charge on any atom is -0.493 e. The van der Waals surface area contributed by atoms with Gasteiger partial charge in [0.15, 0.2) is 11.5 Å². The molecule has 3 heterocycles. The summed E-state index contributed by atoms with van der Waals surface area (Å²) < 4.78 is 17.5. The summed E-state index contributed by atoms with van der Waals surface area (Å²) in [6.45, 7) is 3.32. The van der Waals surface area contributed by atoms with Crippen LogP contribution in [-0.4, -0.2) is 54.2 Å². The number of likely N-dealkylation sites (tertiary alicyclic amines) is 1. The highest BCUT2D eigenvalue weighted by atomic mass is 16.6. The molecule has 5 rings (SSSR count). The van der Waals surface area contributed by atoms with Crippen molar-refractivity contribution in [2.24, 2.45) is 5.10 Å². The number of para-hydroxylation sites is 1. The van der Waals surface area contributed by atoms with Crippen molar-refractivity contribution in [1.82, 2.24) is 9.91 Å². The third kappa shape index (κ3) is 3.28. The predicted molar refractivity (Wildman–Crippen MR) is 116 cm³/mol. The fourth-order valence-electron chi connectivity index (χ4n) is 4.82. The van der Waals surface area contributed by atoms with Gasteiger partial charge in [-0.2, -0.15) is 5.10 Å². The van der Waals surface area contributed by atoms with E-state index >= 15 is 0 Å². The van der Waals surface area contributed by atoms with Crippen LogP contribution >= 0.6 is 0 Å². The van der Waals surface area contributed by atoms with Gasteiger partial charge in [-0.15, -0.1) is 0 Å². The van der Waals surface area contributed by atoms with Crippen molar-refractivity contribution in [3.63, 3.8) is 0 Å². The Morgan fingerprint density at radius 3 is 2.65 bits per heavy atom. The Bertz CT molecular complexity index is 999. The summed E-state index contributed by atoms with van der Waals surface area (Å²) in [5.41, 5.74) is 2.65. The van der Waals surface area contributed by atoms with Gasteiger partial charge in [0.2, 0.25) is 5.72 Å². The lowest BCUT2D eigenvalue weighted by Crippen LogP contribution is -2.59. The highest BCUT2D eigenvalue weighted by molar-refractivity contribution is 6.02. The molecule has 3 aliphatic rings. The van der Waals surface area contributed by atoms with E-state index in [1.807, 2.05) is 37.3 Å². The summed E-state index contributed by atoms with van der Waals surface area (Å²) in [5.74, 6) is 1.53. The van der Waals surface area contributed by atoms with Gasteiger partial charge in [0.1, 0.15) is 0 Å². The summed E-state index contributed by atoms with van der Waals surface area (Å²) in [6.07, 6.45) is 1.82. The molecule has 162 valence electrons. The number of benzene rings is 2. The first-order valence-electron chi connectivity index (χ1n) is 10.8. The molecule has 31 heavy (non-hydrogen) atoms. The number of rotatable bonds is 3. The van der Waals surface area contributed by atoms with Gasteiger partial charge >= 0.3 is 6.09 Å². The van der Waals surface area contributed by atoms with Crippen LogP contribution in [-0.2, 0) is 4.74 Å². The first-order valence-corrected chi connectivity index (χ1v) is 10.8. The second-order valence-corrected chi connectivity index (χ2v) is 8.09. The van der Waals surface area contributed by atoms with E-state index in [1.54, 1.807) is 12.0 Å². The van der Waals surface area contributed by atoms with Gasteiger partial charge in [-0.1, -0.05) is 42.5 Å². The lowest BCUT2D eigenvalue weighted by molar-refractivity contribution is -0.148. The van der Waals surface area contributed by atoms with Crippen LogP contribution in [0.15, 0.2) is 53.6 Å². The topological polar surface area (TPSA) is 63.6 Å². The molecule has 0 bridgehead atoms. The molecule has 1 atom stereocenters. The average molecular weight is 421 g/mol. The summed E-state index contributed by atoms with van der Waals surface area (Å²) in [7, 11) is 1.67. The third-order valence-electron chi connectivity index (χ3n) is 6.39. The molecule has 0 aromatic heterocycles. The number of piperidine rings is 1. The molecule has 0 radical (unpaired) electrons. The van der Waals surface area contributed by atoms with Crippen LogP contribution in [0, 0.1) is 0 Å². The van der Waals surface area contributed by atoms with Crippen molar-refractivity contribution >= 4 is 11.8 Å². The molecule has 1 saturated heterocycles. The summed E-state index contributed by atoms with van der Waals surface area (Å²) in [4.78, 5) is 14.0. The summed E-state index contributed by atoms with van der Waals surface area (Å²) in [5, 5.41) is 7.21. The zero-order valence-electron chi connectivity index (χ0n) is 17.9. The van der Waals surface area contributed by atoms with Gasteiger partial charge < -0.3 is 19.1 Å². The Balaban J connectivity index is 1.52. The maximum Gasteiger partial charge on any atom is 0.409 e. The molecule has 1 amide bonds. The van der Waals surface area contributed by atoms with Crippen LogP contribution in [0.25, 0.3) is 0 Å². The van der Waals surface area contributed by atoms with Crippen LogP contribution in [0.5, 0.6) is 11.5 Å². The Kier molecular flexibility index (Phi) is 4.96. The van der Waals surface area contributed by atoms with Gasteiger partial charge in [0.25, 0.3) is 0 Å². The second-order valence-electron chi connectivity index (χ2n) is 8.09. The van der Waals surface area contributed by atoms with E-state index in [0.717, 1.165) is 34.8 Å². The minimum absolute atomic E-state index is 0.0724. The number of hydrogen-bond acceptors (Lipinski definition) is 6. The molecule has 0 saturated carbocycles. The van der Waals surface area contributed by atoms with Crippen LogP contribution in [0.1, 0.15) is 43.4 Å². The summed E-state index contributed by atoms with van der Waals surface area (Å²) >= 11 is 0. The number of carbonyl (C=O) groups is 1. The first kappa shape index (κ1) is 19.7. The van der Waals surface area contributed by atoms with Crippen molar-refractivity contribution in [2.45, 2.75) is 38.0 Å². The van der Waals surface area contributed by atoms with Gasteiger partial charge in [-0.25, -0.2) is 9.80 Å². The molecular weight excluding hydrogens is 394 g/mol. The predicted octanol–water partition coefficient (Wildman–Crippen LogP) is 4.19. The SMILES string of the molecule is CCOC(=O)N1CCC2(CC1)Oc1c(OC)cccc1[C@H]1CC(c3ccccc3)=NN12. The number of carbonyl (C=O) groups excluding carboxylic acids is 1. The minimum atomic E-state index is -0.619. The maximum absolute atomic E-state index is 12.2. The number of nitrogens with zero attached hydrogens (tertiary/aromatic N) is 3. The Labute approximate surface area is 182 Å². The van der Waals surface area contributed by atoms with Crippen molar-refractivity contribution in [3.8, 4) is 11.5 Å². The van der Waals surface area contributed by atoms with Gasteiger partial charge in [0, 0.05) is 37.9 Å². The van der Waals surface area contributed by atoms with Crippen LogP contribution < -0.4 is 9.47 Å². The number of fused-ring (bicyclic) bond motifs is 4. The quantitative estimate of drug-likeness (QED) is 0.744. The van der Waals surface area contributed by atoms with E-state index in [-0.39, 0.29) is 12.1 Å². The molecule has 0 aliphatic carbocycles. The number of ether oxygens (including phenoxy) is 3.